The maximum Gasteiger partial charge on any atom is 0.417 e. The minimum absolute atomic E-state index is 0.0224. The van der Waals surface area contributed by atoms with Crippen LogP contribution in [0.15, 0.2) is 78.9 Å². The van der Waals surface area contributed by atoms with Gasteiger partial charge in [0.1, 0.15) is 34.8 Å². The van der Waals surface area contributed by atoms with E-state index in [-0.39, 0.29) is 35.1 Å². The van der Waals surface area contributed by atoms with E-state index in [4.69, 9.17) is 15.6 Å². The smallest absolute Gasteiger partial charge is 0.417 e. The summed E-state index contributed by atoms with van der Waals surface area (Å²) in [7, 11) is 0. The molecule has 0 amide bonds. The Bertz CT molecular complexity index is 2110. The molecule has 47 heavy (non-hydrogen) atoms. The van der Waals surface area contributed by atoms with Crippen molar-refractivity contribution in [2.24, 2.45) is 0 Å². The summed E-state index contributed by atoms with van der Waals surface area (Å²) in [6.45, 7) is 7.78. The molecular weight excluding hydrogens is 605 g/mol. The molecule has 6 aromatic rings. The van der Waals surface area contributed by atoms with Crippen molar-refractivity contribution in [3.05, 3.63) is 95.6 Å². The van der Waals surface area contributed by atoms with Crippen molar-refractivity contribution in [3.8, 4) is 34.3 Å². The quantitative estimate of drug-likeness (QED) is 0.0737. The molecule has 0 aliphatic carbocycles. The number of rotatable bonds is 8. The number of ether oxygens (including phenoxy) is 1. The average molecular weight is 639 g/mol. The van der Waals surface area contributed by atoms with Crippen molar-refractivity contribution in [1.82, 2.24) is 30.6 Å². The number of H-pyrrole nitrogens is 2. The largest absolute Gasteiger partial charge is 0.457 e. The molecule has 9 nitrogen and oxygen atoms in total. The molecule has 0 fully saturated rings. The number of benzene rings is 4. The number of imidazole rings is 2. The van der Waals surface area contributed by atoms with E-state index in [1.165, 1.54) is 12.1 Å². The highest BCUT2D eigenvalue weighted by atomic mass is 19.4. The third-order valence-electron chi connectivity index (χ3n) is 7.32. The van der Waals surface area contributed by atoms with Gasteiger partial charge in [-0.15, -0.1) is 0 Å². The second-order valence-corrected chi connectivity index (χ2v) is 11.8. The summed E-state index contributed by atoms with van der Waals surface area (Å²) >= 11 is 0. The van der Waals surface area contributed by atoms with E-state index in [9.17, 15) is 13.2 Å². The third kappa shape index (κ3) is 6.81. The van der Waals surface area contributed by atoms with Crippen molar-refractivity contribution in [2.75, 3.05) is 0 Å². The van der Waals surface area contributed by atoms with E-state index in [0.717, 1.165) is 28.2 Å². The number of nitrogens with one attached hydrogen (secondary N) is 6. The van der Waals surface area contributed by atoms with E-state index in [2.05, 4.69) is 30.6 Å². The molecule has 0 spiro atoms. The summed E-state index contributed by atoms with van der Waals surface area (Å²) in [5.41, 5.74) is 3.62. The highest BCUT2D eigenvalue weighted by molar-refractivity contribution is 6.00. The SMILES string of the molecule is CC(C)NC(=N)c1ccc2nc(-c3ccc(Oc4ccc(-c5nc6ccc(C(=N)NC(C)C)cc6[nH]5)c(C(F)(F)F)c4)cc3)[nH]c2c1. The number of nitrogens with zero attached hydrogens (tertiary/aromatic N) is 2. The fourth-order valence-corrected chi connectivity index (χ4v) is 5.18. The first kappa shape index (κ1) is 31.3. The van der Waals surface area contributed by atoms with Gasteiger partial charge >= 0.3 is 6.18 Å². The Labute approximate surface area is 268 Å². The molecule has 2 heterocycles. The van der Waals surface area contributed by atoms with Crippen LogP contribution in [0.4, 0.5) is 13.2 Å². The molecular formula is C35H33F3N8O. The lowest BCUT2D eigenvalue weighted by Crippen LogP contribution is -2.30. The standard InChI is InChI=1S/C35H33F3N8O/c1-18(2)41-31(39)21-7-13-27-29(15-21)45-33(43-27)20-5-9-23(10-6-20)47-24-11-12-25(26(17-24)35(36,37)38)34-44-28-14-8-22(16-30(28)46-34)32(40)42-19(3)4/h5-19H,1-4H3,(H2,39,41)(H2,40,42)(H,43,45)(H,44,46). The Balaban J connectivity index is 1.23. The Morgan fingerprint density at radius 3 is 1.72 bits per heavy atom. The number of hydrogen-bond acceptors (Lipinski definition) is 5. The van der Waals surface area contributed by atoms with Gasteiger partial charge in [-0.1, -0.05) is 0 Å². The van der Waals surface area contributed by atoms with Gasteiger partial charge in [0.15, 0.2) is 0 Å². The lowest BCUT2D eigenvalue weighted by atomic mass is 10.1. The summed E-state index contributed by atoms with van der Waals surface area (Å²) in [5, 5.41) is 22.6. The number of fused-ring (bicyclic) bond motifs is 2. The van der Waals surface area contributed by atoms with Crippen LogP contribution in [0, 0.1) is 10.8 Å². The molecule has 0 unspecified atom stereocenters. The summed E-state index contributed by atoms with van der Waals surface area (Å²) in [5.74, 6) is 1.60. The third-order valence-corrected chi connectivity index (χ3v) is 7.32. The molecule has 0 saturated heterocycles. The van der Waals surface area contributed by atoms with Crippen LogP contribution in [0.2, 0.25) is 0 Å². The number of alkyl halides is 3. The molecule has 6 rings (SSSR count). The number of aromatic nitrogens is 4. The fraction of sp³-hybridized carbons (Fsp3) is 0.200. The van der Waals surface area contributed by atoms with Crippen LogP contribution < -0.4 is 15.4 Å². The Hall–Kier alpha value is -5.65. The first-order valence-corrected chi connectivity index (χ1v) is 15.0. The summed E-state index contributed by atoms with van der Waals surface area (Å²) in [6, 6.07) is 21.5. The van der Waals surface area contributed by atoms with Crippen LogP contribution in [0.3, 0.4) is 0 Å². The van der Waals surface area contributed by atoms with Crippen molar-refractivity contribution in [1.29, 1.82) is 10.8 Å². The lowest BCUT2D eigenvalue weighted by Gasteiger charge is -2.14. The van der Waals surface area contributed by atoms with Gasteiger partial charge in [0, 0.05) is 34.3 Å². The van der Waals surface area contributed by atoms with Gasteiger partial charge in [-0.2, -0.15) is 13.2 Å². The Morgan fingerprint density at radius 1 is 0.681 bits per heavy atom. The number of hydrogen-bond donors (Lipinski definition) is 6. The van der Waals surface area contributed by atoms with Crippen LogP contribution in [0.5, 0.6) is 11.5 Å². The normalized spacial score (nSPS) is 11.9. The highest BCUT2D eigenvalue weighted by Gasteiger charge is 2.35. The van der Waals surface area contributed by atoms with Gasteiger partial charge in [0.25, 0.3) is 0 Å². The highest BCUT2D eigenvalue weighted by Crippen LogP contribution is 2.40. The number of aromatic amines is 2. The van der Waals surface area contributed by atoms with Gasteiger partial charge in [-0.05, 0) is 107 Å². The molecule has 12 heteroatoms. The predicted molar refractivity (Wildman–Crippen MR) is 178 cm³/mol. The van der Waals surface area contributed by atoms with E-state index < -0.39 is 11.7 Å². The van der Waals surface area contributed by atoms with E-state index in [1.807, 2.05) is 45.9 Å². The molecule has 0 aliphatic heterocycles. The second kappa shape index (κ2) is 12.3. The number of halogens is 3. The molecule has 0 atom stereocenters. The topological polar surface area (TPSA) is 138 Å². The first-order chi connectivity index (χ1) is 22.3. The molecule has 240 valence electrons. The first-order valence-electron chi connectivity index (χ1n) is 15.0. The summed E-state index contributed by atoms with van der Waals surface area (Å²) in [6.07, 6.45) is -4.67. The van der Waals surface area contributed by atoms with Crippen LogP contribution in [-0.4, -0.2) is 43.7 Å². The summed E-state index contributed by atoms with van der Waals surface area (Å²) < 4.78 is 48.7. The minimum Gasteiger partial charge on any atom is -0.457 e. The van der Waals surface area contributed by atoms with Crippen LogP contribution >= 0.6 is 0 Å². The van der Waals surface area contributed by atoms with Gasteiger partial charge in [-0.3, -0.25) is 10.8 Å². The second-order valence-electron chi connectivity index (χ2n) is 11.8. The molecule has 2 aromatic heterocycles. The monoisotopic (exact) mass is 638 g/mol. The molecule has 0 bridgehead atoms. The Kier molecular flexibility index (Phi) is 8.18. The molecule has 6 N–H and O–H groups in total. The maximum absolute atomic E-state index is 14.3. The maximum atomic E-state index is 14.3. The minimum atomic E-state index is -4.67. The average Bonchev–Trinajstić information content (AvgIpc) is 3.64. The molecule has 0 aliphatic rings. The van der Waals surface area contributed by atoms with Gasteiger partial charge in [0.05, 0.1) is 27.6 Å². The lowest BCUT2D eigenvalue weighted by molar-refractivity contribution is -0.137. The summed E-state index contributed by atoms with van der Waals surface area (Å²) in [4.78, 5) is 15.3. The van der Waals surface area contributed by atoms with Crippen molar-refractivity contribution < 1.29 is 17.9 Å². The van der Waals surface area contributed by atoms with Crippen molar-refractivity contribution in [2.45, 2.75) is 46.0 Å². The predicted octanol–water partition coefficient (Wildman–Crippen LogP) is 8.23. The van der Waals surface area contributed by atoms with Crippen molar-refractivity contribution in [3.63, 3.8) is 0 Å². The number of amidine groups is 2. The van der Waals surface area contributed by atoms with Crippen LogP contribution in [0.1, 0.15) is 44.4 Å². The van der Waals surface area contributed by atoms with E-state index in [1.54, 1.807) is 42.5 Å². The van der Waals surface area contributed by atoms with Crippen molar-refractivity contribution >= 4 is 33.7 Å². The van der Waals surface area contributed by atoms with Gasteiger partial charge in [0.2, 0.25) is 0 Å². The van der Waals surface area contributed by atoms with E-state index in [0.29, 0.717) is 34.0 Å². The van der Waals surface area contributed by atoms with Crippen LogP contribution in [-0.2, 0) is 6.18 Å². The molecule has 4 aromatic carbocycles. The zero-order chi connectivity index (χ0) is 33.5. The van der Waals surface area contributed by atoms with Gasteiger partial charge < -0.3 is 25.3 Å². The van der Waals surface area contributed by atoms with Gasteiger partial charge in [-0.25, -0.2) is 9.97 Å². The van der Waals surface area contributed by atoms with E-state index >= 15 is 0 Å². The Morgan fingerprint density at radius 2 is 1.19 bits per heavy atom. The zero-order valence-corrected chi connectivity index (χ0v) is 26.1. The van der Waals surface area contributed by atoms with Crippen LogP contribution in [0.25, 0.3) is 44.8 Å². The fourth-order valence-electron chi connectivity index (χ4n) is 5.18. The zero-order valence-electron chi connectivity index (χ0n) is 26.1. The molecule has 0 radical (unpaired) electrons. The molecule has 0 saturated carbocycles.